The number of thiocarbonyl (C=S) groups is 1. The molecule has 3 nitrogen and oxygen atoms in total. The fourth-order valence-corrected chi connectivity index (χ4v) is 3.10. The van der Waals surface area contributed by atoms with Crippen LogP contribution in [0.4, 0.5) is 5.69 Å². The monoisotopic (exact) mass is 282 g/mol. The highest BCUT2D eigenvalue weighted by Gasteiger charge is 2.17. The molecule has 98 valence electrons. The van der Waals surface area contributed by atoms with E-state index in [1.807, 2.05) is 6.26 Å². The lowest BCUT2D eigenvalue weighted by atomic mass is 10.1. The van der Waals surface area contributed by atoms with Gasteiger partial charge < -0.3 is 15.4 Å². The van der Waals surface area contributed by atoms with Crippen molar-refractivity contribution in [3.63, 3.8) is 0 Å². The second-order valence-corrected chi connectivity index (χ2v) is 5.46. The molecule has 0 amide bonds. The van der Waals surface area contributed by atoms with Crippen LogP contribution in [0.3, 0.4) is 0 Å². The Bertz CT molecular complexity index is 429. The Morgan fingerprint density at radius 1 is 1.39 bits per heavy atom. The van der Waals surface area contributed by atoms with Crippen LogP contribution in [0.15, 0.2) is 23.1 Å². The molecule has 0 radical (unpaired) electrons. The van der Waals surface area contributed by atoms with E-state index in [4.69, 9.17) is 22.7 Å². The number of ether oxygens (including phenoxy) is 1. The third-order valence-corrected chi connectivity index (χ3v) is 4.02. The summed E-state index contributed by atoms with van der Waals surface area (Å²) in [6, 6.07) is 6.23. The first-order valence-corrected chi connectivity index (χ1v) is 7.67. The van der Waals surface area contributed by atoms with E-state index in [0.717, 1.165) is 48.9 Å². The number of hydrogen-bond donors (Lipinski definition) is 1. The molecule has 2 rings (SSSR count). The minimum absolute atomic E-state index is 0.472. The minimum atomic E-state index is 0.472. The fourth-order valence-electron chi connectivity index (χ4n) is 2.19. The van der Waals surface area contributed by atoms with Crippen molar-refractivity contribution in [3.8, 4) is 0 Å². The molecule has 0 aromatic heterocycles. The molecule has 2 N–H and O–H groups in total. The average molecular weight is 282 g/mol. The molecule has 0 atom stereocenters. The molecule has 1 aromatic rings. The maximum Gasteiger partial charge on any atom is 0.107 e. The van der Waals surface area contributed by atoms with Gasteiger partial charge in [-0.2, -0.15) is 0 Å². The van der Waals surface area contributed by atoms with E-state index in [2.05, 4.69) is 23.1 Å². The number of rotatable bonds is 3. The molecule has 18 heavy (non-hydrogen) atoms. The van der Waals surface area contributed by atoms with E-state index in [9.17, 15) is 0 Å². The second kappa shape index (κ2) is 6.41. The number of thioether (sulfide) groups is 1. The fraction of sp³-hybridized carbons (Fsp3) is 0.462. The highest BCUT2D eigenvalue weighted by atomic mass is 32.2. The van der Waals surface area contributed by atoms with E-state index in [1.165, 1.54) is 0 Å². The zero-order valence-corrected chi connectivity index (χ0v) is 12.1. The van der Waals surface area contributed by atoms with Crippen molar-refractivity contribution < 1.29 is 4.74 Å². The summed E-state index contributed by atoms with van der Waals surface area (Å²) in [6.45, 7) is 3.49. The number of benzene rings is 1. The topological polar surface area (TPSA) is 38.5 Å². The van der Waals surface area contributed by atoms with Gasteiger partial charge in [0.25, 0.3) is 0 Å². The van der Waals surface area contributed by atoms with Crippen molar-refractivity contribution in [1.82, 2.24) is 0 Å². The zero-order chi connectivity index (χ0) is 13.0. The number of nitrogens with two attached hydrogens (primary N) is 1. The Balaban J connectivity index is 2.38. The lowest BCUT2D eigenvalue weighted by Gasteiger charge is -2.25. The van der Waals surface area contributed by atoms with Gasteiger partial charge in [-0.25, -0.2) is 0 Å². The predicted molar refractivity (Wildman–Crippen MR) is 81.8 cm³/mol. The Kier molecular flexibility index (Phi) is 4.86. The number of anilines is 1. The van der Waals surface area contributed by atoms with Crippen LogP contribution in [0.1, 0.15) is 12.0 Å². The van der Waals surface area contributed by atoms with Crippen LogP contribution >= 0.6 is 24.0 Å². The lowest BCUT2D eigenvalue weighted by Crippen LogP contribution is -2.28. The first-order valence-electron chi connectivity index (χ1n) is 6.03. The van der Waals surface area contributed by atoms with E-state index in [-0.39, 0.29) is 0 Å². The summed E-state index contributed by atoms with van der Waals surface area (Å²) >= 11 is 6.89. The van der Waals surface area contributed by atoms with E-state index in [0.29, 0.717) is 4.99 Å². The first kappa shape index (κ1) is 13.6. The van der Waals surface area contributed by atoms with E-state index in [1.54, 1.807) is 11.8 Å². The van der Waals surface area contributed by atoms with Gasteiger partial charge in [0.1, 0.15) is 4.99 Å². The van der Waals surface area contributed by atoms with Crippen molar-refractivity contribution in [2.24, 2.45) is 5.73 Å². The highest BCUT2D eigenvalue weighted by Crippen LogP contribution is 2.30. The van der Waals surface area contributed by atoms with Crippen molar-refractivity contribution in [2.75, 3.05) is 37.5 Å². The lowest BCUT2D eigenvalue weighted by molar-refractivity contribution is 0.152. The summed E-state index contributed by atoms with van der Waals surface area (Å²) in [7, 11) is 0. The van der Waals surface area contributed by atoms with Gasteiger partial charge in [-0.1, -0.05) is 18.3 Å². The molecule has 1 heterocycles. The van der Waals surface area contributed by atoms with Crippen molar-refractivity contribution in [2.45, 2.75) is 11.3 Å². The molecule has 5 heteroatoms. The van der Waals surface area contributed by atoms with E-state index < -0.39 is 0 Å². The van der Waals surface area contributed by atoms with Gasteiger partial charge in [0, 0.05) is 35.8 Å². The summed E-state index contributed by atoms with van der Waals surface area (Å²) < 4.78 is 5.49. The third kappa shape index (κ3) is 2.96. The van der Waals surface area contributed by atoms with Gasteiger partial charge in [0.15, 0.2) is 0 Å². The molecule has 1 aliphatic rings. The quantitative estimate of drug-likeness (QED) is 0.680. The van der Waals surface area contributed by atoms with Gasteiger partial charge in [0.2, 0.25) is 0 Å². The molecule has 1 saturated heterocycles. The Labute approximate surface area is 118 Å². The molecule has 1 aliphatic heterocycles. The Hall–Kier alpha value is -0.780. The van der Waals surface area contributed by atoms with Crippen LogP contribution in [0.25, 0.3) is 0 Å². The molecular weight excluding hydrogens is 264 g/mol. The van der Waals surface area contributed by atoms with Crippen LogP contribution in [-0.2, 0) is 4.74 Å². The van der Waals surface area contributed by atoms with Crippen molar-refractivity contribution in [3.05, 3.63) is 23.8 Å². The SMILES string of the molecule is CSc1cccc(N2CCCOCC2)c1C(N)=S. The summed E-state index contributed by atoms with van der Waals surface area (Å²) in [6.07, 6.45) is 3.09. The normalized spacial score (nSPS) is 16.4. The molecular formula is C13H18N2OS2. The van der Waals surface area contributed by atoms with Crippen LogP contribution in [0.2, 0.25) is 0 Å². The Morgan fingerprint density at radius 2 is 2.22 bits per heavy atom. The van der Waals surface area contributed by atoms with Gasteiger partial charge >= 0.3 is 0 Å². The molecule has 1 fully saturated rings. The number of hydrogen-bond acceptors (Lipinski definition) is 4. The average Bonchev–Trinajstić information content (AvgIpc) is 2.66. The zero-order valence-electron chi connectivity index (χ0n) is 10.5. The largest absolute Gasteiger partial charge is 0.389 e. The molecule has 0 unspecified atom stereocenters. The maximum absolute atomic E-state index is 5.90. The van der Waals surface area contributed by atoms with Gasteiger partial charge in [-0.05, 0) is 24.8 Å². The van der Waals surface area contributed by atoms with Crippen LogP contribution in [0, 0.1) is 0 Å². The minimum Gasteiger partial charge on any atom is -0.389 e. The maximum atomic E-state index is 5.90. The number of nitrogens with zero attached hydrogens (tertiary/aromatic N) is 1. The smallest absolute Gasteiger partial charge is 0.107 e. The first-order chi connectivity index (χ1) is 8.74. The molecule has 1 aromatic carbocycles. The van der Waals surface area contributed by atoms with Crippen molar-refractivity contribution in [1.29, 1.82) is 0 Å². The van der Waals surface area contributed by atoms with Crippen LogP contribution in [0.5, 0.6) is 0 Å². The van der Waals surface area contributed by atoms with Crippen LogP contribution < -0.4 is 10.6 Å². The predicted octanol–water partition coefficient (Wildman–Crippen LogP) is 2.27. The van der Waals surface area contributed by atoms with Gasteiger partial charge in [-0.15, -0.1) is 11.8 Å². The van der Waals surface area contributed by atoms with Gasteiger partial charge in [-0.3, -0.25) is 0 Å². The van der Waals surface area contributed by atoms with Gasteiger partial charge in [0.05, 0.1) is 6.61 Å². The van der Waals surface area contributed by atoms with E-state index >= 15 is 0 Å². The molecule has 0 spiro atoms. The third-order valence-electron chi connectivity index (χ3n) is 3.03. The molecule has 0 aliphatic carbocycles. The standard InChI is InChI=1S/C13H18N2OS2/c1-18-11-5-2-4-10(12(11)13(14)17)15-6-3-8-16-9-7-15/h2,4-5H,3,6-9H2,1H3,(H2,14,17). The highest BCUT2D eigenvalue weighted by molar-refractivity contribution is 7.98. The van der Waals surface area contributed by atoms with Crippen molar-refractivity contribution >= 4 is 34.7 Å². The summed E-state index contributed by atoms with van der Waals surface area (Å²) in [4.78, 5) is 3.94. The molecule has 0 saturated carbocycles. The second-order valence-electron chi connectivity index (χ2n) is 4.17. The summed E-state index contributed by atoms with van der Waals surface area (Å²) in [5, 5.41) is 0. The van der Waals surface area contributed by atoms with Crippen LogP contribution in [-0.4, -0.2) is 37.5 Å². The summed E-state index contributed by atoms with van der Waals surface area (Å²) in [5.74, 6) is 0. The summed E-state index contributed by atoms with van der Waals surface area (Å²) in [5.41, 5.74) is 8.04. The molecule has 0 bridgehead atoms. The Morgan fingerprint density at radius 3 is 2.94 bits per heavy atom.